The van der Waals surface area contributed by atoms with Crippen molar-refractivity contribution in [2.75, 3.05) is 0 Å². The number of aliphatic carboxylic acids is 2. The smallest absolute Gasteiger partial charge is 0.321 e. The molecular formula is C19H24ClN3O4. The fourth-order valence-corrected chi connectivity index (χ4v) is 2.95. The van der Waals surface area contributed by atoms with Crippen LogP contribution in [0.5, 0.6) is 0 Å². The monoisotopic (exact) mass is 393 g/mol. The van der Waals surface area contributed by atoms with Gasteiger partial charge in [0.15, 0.2) is 0 Å². The summed E-state index contributed by atoms with van der Waals surface area (Å²) in [5.74, 6) is -2.02. The van der Waals surface area contributed by atoms with E-state index in [2.05, 4.69) is 10.3 Å². The molecule has 0 aliphatic carbocycles. The van der Waals surface area contributed by atoms with E-state index in [0.29, 0.717) is 23.7 Å². The van der Waals surface area contributed by atoms with Gasteiger partial charge in [0.25, 0.3) is 0 Å². The van der Waals surface area contributed by atoms with E-state index in [1.54, 1.807) is 24.7 Å². The molecule has 1 unspecified atom stereocenters. The lowest BCUT2D eigenvalue weighted by Gasteiger charge is -2.22. The molecule has 7 nitrogen and oxygen atoms in total. The highest BCUT2D eigenvalue weighted by atomic mass is 35.5. The van der Waals surface area contributed by atoms with Crippen molar-refractivity contribution in [3.8, 4) is 0 Å². The minimum atomic E-state index is -1.09. The number of nitrogens with one attached hydrogen (secondary N) is 1. The predicted octanol–water partition coefficient (Wildman–Crippen LogP) is 2.67. The number of carbonyl (C=O) groups is 2. The number of hydrogen-bond acceptors (Lipinski definition) is 4. The third kappa shape index (κ3) is 6.37. The molecule has 1 aromatic heterocycles. The quantitative estimate of drug-likeness (QED) is 0.573. The van der Waals surface area contributed by atoms with E-state index in [4.69, 9.17) is 11.6 Å². The molecule has 146 valence electrons. The molecule has 1 aromatic carbocycles. The third-order valence-corrected chi connectivity index (χ3v) is 4.44. The molecule has 2 atom stereocenters. The van der Waals surface area contributed by atoms with Crippen LogP contribution >= 0.6 is 11.6 Å². The Balaban J connectivity index is 2.12. The second kappa shape index (κ2) is 9.53. The van der Waals surface area contributed by atoms with Crippen LogP contribution in [-0.4, -0.2) is 43.8 Å². The number of rotatable bonds is 10. The average Bonchev–Trinajstić information content (AvgIpc) is 3.01. The third-order valence-electron chi connectivity index (χ3n) is 4.18. The average molecular weight is 394 g/mol. The van der Waals surface area contributed by atoms with E-state index in [9.17, 15) is 19.8 Å². The van der Waals surface area contributed by atoms with Crippen molar-refractivity contribution in [3.05, 3.63) is 53.1 Å². The van der Waals surface area contributed by atoms with Crippen LogP contribution in [-0.2, 0) is 22.6 Å². The van der Waals surface area contributed by atoms with Crippen molar-refractivity contribution >= 4 is 23.5 Å². The number of nitrogens with zero attached hydrogens (tertiary/aromatic N) is 2. The van der Waals surface area contributed by atoms with Gasteiger partial charge in [-0.1, -0.05) is 37.6 Å². The molecule has 2 rings (SSSR count). The molecule has 0 fully saturated rings. The van der Waals surface area contributed by atoms with E-state index in [0.717, 1.165) is 5.56 Å². The molecule has 0 bridgehead atoms. The van der Waals surface area contributed by atoms with Gasteiger partial charge in [-0.05, 0) is 30.0 Å². The van der Waals surface area contributed by atoms with E-state index in [1.807, 2.05) is 30.5 Å². The molecule has 0 amide bonds. The molecule has 1 heterocycles. The fraction of sp³-hybridized carbons (Fsp3) is 0.421. The summed E-state index contributed by atoms with van der Waals surface area (Å²) >= 11 is 5.90. The van der Waals surface area contributed by atoms with Gasteiger partial charge < -0.3 is 14.8 Å². The first-order valence-electron chi connectivity index (χ1n) is 8.71. The molecule has 0 spiro atoms. The van der Waals surface area contributed by atoms with Gasteiger partial charge in [-0.15, -0.1) is 0 Å². The van der Waals surface area contributed by atoms with Crippen molar-refractivity contribution < 1.29 is 19.8 Å². The molecule has 3 N–H and O–H groups in total. The maximum Gasteiger partial charge on any atom is 0.321 e. The molecule has 0 radical (unpaired) electrons. The Morgan fingerprint density at radius 1 is 1.15 bits per heavy atom. The van der Waals surface area contributed by atoms with Crippen molar-refractivity contribution in [3.63, 3.8) is 0 Å². The highest BCUT2D eigenvalue weighted by molar-refractivity contribution is 6.30. The summed E-state index contributed by atoms with van der Waals surface area (Å²) in [6, 6.07) is 5.42. The number of aromatic nitrogens is 2. The van der Waals surface area contributed by atoms with Crippen molar-refractivity contribution in [1.29, 1.82) is 0 Å². The maximum absolute atomic E-state index is 11.7. The Morgan fingerprint density at radius 3 is 2.33 bits per heavy atom. The summed E-state index contributed by atoms with van der Waals surface area (Å²) in [5, 5.41) is 22.3. The highest BCUT2D eigenvalue weighted by Gasteiger charge is 2.27. The van der Waals surface area contributed by atoms with Gasteiger partial charge in [0.05, 0.1) is 6.33 Å². The van der Waals surface area contributed by atoms with Gasteiger partial charge >= 0.3 is 11.9 Å². The number of carboxylic acids is 2. The van der Waals surface area contributed by atoms with Crippen LogP contribution in [0.2, 0.25) is 5.02 Å². The number of benzene rings is 1. The van der Waals surface area contributed by atoms with Crippen LogP contribution in [0.25, 0.3) is 0 Å². The van der Waals surface area contributed by atoms with E-state index < -0.39 is 24.0 Å². The molecule has 27 heavy (non-hydrogen) atoms. The zero-order valence-electron chi connectivity index (χ0n) is 15.3. The summed E-state index contributed by atoms with van der Waals surface area (Å²) in [6.45, 7) is 4.32. The van der Waals surface area contributed by atoms with Gasteiger partial charge in [-0.2, -0.15) is 0 Å². The Hall–Kier alpha value is -2.38. The van der Waals surface area contributed by atoms with Crippen LogP contribution in [0.15, 0.2) is 36.8 Å². The van der Waals surface area contributed by atoms with E-state index in [1.165, 1.54) is 0 Å². The summed E-state index contributed by atoms with van der Waals surface area (Å²) in [5.41, 5.74) is 1.71. The lowest BCUT2D eigenvalue weighted by atomic mass is 10.0. The zero-order chi connectivity index (χ0) is 20.0. The van der Waals surface area contributed by atoms with Gasteiger partial charge in [-0.25, -0.2) is 4.98 Å². The highest BCUT2D eigenvalue weighted by Crippen LogP contribution is 2.14. The van der Waals surface area contributed by atoms with E-state index in [-0.39, 0.29) is 12.3 Å². The second-order valence-corrected chi connectivity index (χ2v) is 7.36. The van der Waals surface area contributed by atoms with Crippen molar-refractivity contribution in [2.45, 2.75) is 45.3 Å². The lowest BCUT2D eigenvalue weighted by molar-refractivity contribution is -0.142. The molecule has 0 aliphatic heterocycles. The summed E-state index contributed by atoms with van der Waals surface area (Å²) in [7, 11) is 0. The lowest BCUT2D eigenvalue weighted by Crippen LogP contribution is -2.49. The Kier molecular flexibility index (Phi) is 7.38. The predicted molar refractivity (Wildman–Crippen MR) is 102 cm³/mol. The molecule has 2 aromatic rings. The summed E-state index contributed by atoms with van der Waals surface area (Å²) < 4.78 is 1.85. The Labute approximate surface area is 163 Å². The Morgan fingerprint density at radius 2 is 1.78 bits per heavy atom. The van der Waals surface area contributed by atoms with Crippen LogP contribution in [0, 0.1) is 5.92 Å². The summed E-state index contributed by atoms with van der Waals surface area (Å²) in [4.78, 5) is 27.2. The Bertz CT molecular complexity index is 774. The standard InChI is InChI=1S/C19H24ClN3O4/c1-12(2)7-16(18(24)25)22-17(19(26)27)8-15-9-21-11-23(15)10-13-3-5-14(20)6-4-13/h3-6,9,11-12,16-17,22H,7-8,10H2,1-2H3,(H,24,25)(H,26,27)/t16?,17-/m0/s1. The molecule has 0 saturated heterocycles. The van der Waals surface area contributed by atoms with Gasteiger partial charge in [0.2, 0.25) is 0 Å². The van der Waals surface area contributed by atoms with Crippen LogP contribution < -0.4 is 5.32 Å². The molecule has 0 saturated carbocycles. The van der Waals surface area contributed by atoms with Crippen LogP contribution in [0.4, 0.5) is 0 Å². The molecule has 8 heteroatoms. The van der Waals surface area contributed by atoms with Crippen molar-refractivity contribution in [2.24, 2.45) is 5.92 Å². The number of carboxylic acid groups (broad SMARTS) is 2. The second-order valence-electron chi connectivity index (χ2n) is 6.92. The minimum absolute atomic E-state index is 0.128. The summed E-state index contributed by atoms with van der Waals surface area (Å²) in [6.07, 6.45) is 3.71. The topological polar surface area (TPSA) is 104 Å². The van der Waals surface area contributed by atoms with Crippen LogP contribution in [0.1, 0.15) is 31.5 Å². The normalized spacial score (nSPS) is 13.5. The SMILES string of the molecule is CC(C)CC(N[C@@H](Cc1cncn1Cc1ccc(Cl)cc1)C(=O)O)C(=O)O. The fourth-order valence-electron chi connectivity index (χ4n) is 2.83. The number of imidazole rings is 1. The van der Waals surface area contributed by atoms with E-state index >= 15 is 0 Å². The zero-order valence-corrected chi connectivity index (χ0v) is 16.1. The first-order valence-corrected chi connectivity index (χ1v) is 9.09. The largest absolute Gasteiger partial charge is 0.480 e. The van der Waals surface area contributed by atoms with Crippen molar-refractivity contribution in [1.82, 2.24) is 14.9 Å². The number of halogens is 1. The van der Waals surface area contributed by atoms with Crippen LogP contribution in [0.3, 0.4) is 0 Å². The van der Waals surface area contributed by atoms with Gasteiger partial charge in [0, 0.05) is 29.9 Å². The molecular weight excluding hydrogens is 370 g/mol. The number of hydrogen-bond donors (Lipinski definition) is 3. The first kappa shape index (κ1) is 20.9. The van der Waals surface area contributed by atoms with Gasteiger partial charge in [-0.3, -0.25) is 14.9 Å². The molecule has 0 aliphatic rings. The minimum Gasteiger partial charge on any atom is -0.480 e. The van der Waals surface area contributed by atoms with Gasteiger partial charge in [0.1, 0.15) is 12.1 Å². The maximum atomic E-state index is 11.7. The first-order chi connectivity index (χ1) is 12.8.